The largest absolute Gasteiger partial charge is 0.378 e. The van der Waals surface area contributed by atoms with Crippen molar-refractivity contribution in [3.05, 3.63) is 16.7 Å². The Morgan fingerprint density at radius 1 is 1.64 bits per heavy atom. The molecule has 2 N–H and O–H groups in total. The summed E-state index contributed by atoms with van der Waals surface area (Å²) in [6.07, 6.45) is 1.43. The minimum absolute atomic E-state index is 0.0813. The van der Waals surface area contributed by atoms with Gasteiger partial charge in [-0.1, -0.05) is 0 Å². The van der Waals surface area contributed by atoms with Gasteiger partial charge in [0.25, 0.3) is 5.56 Å². The van der Waals surface area contributed by atoms with Gasteiger partial charge in [-0.25, -0.2) is 4.98 Å². The van der Waals surface area contributed by atoms with Crippen molar-refractivity contribution in [1.82, 2.24) is 9.97 Å². The van der Waals surface area contributed by atoms with Gasteiger partial charge in [-0.05, 0) is 0 Å². The summed E-state index contributed by atoms with van der Waals surface area (Å²) in [5, 5.41) is 3.81. The van der Waals surface area contributed by atoms with Crippen LogP contribution < -0.4 is 10.9 Å². The van der Waals surface area contributed by atoms with E-state index in [1.165, 1.54) is 6.33 Å². The van der Waals surface area contributed by atoms with Gasteiger partial charge in [0, 0.05) is 12.3 Å². The highest BCUT2D eigenvalue weighted by Crippen LogP contribution is 2.23. The Bertz CT molecular complexity index is 322. The van der Waals surface area contributed by atoms with Crippen molar-refractivity contribution >= 4 is 17.4 Å². The number of hydrogen-bond acceptors (Lipinski definition) is 4. The van der Waals surface area contributed by atoms with Gasteiger partial charge in [0.2, 0.25) is 0 Å². The summed E-state index contributed by atoms with van der Waals surface area (Å²) in [5.41, 5.74) is 0.533. The number of hydrogen-bond donors (Lipinski definition) is 2. The highest BCUT2D eigenvalue weighted by atomic mass is 32.2. The predicted octanol–water partition coefficient (Wildman–Crippen LogP) is 0.288. The zero-order chi connectivity index (χ0) is 7.68. The van der Waals surface area contributed by atoms with Crippen LogP contribution in [0.3, 0.4) is 0 Å². The molecule has 0 aliphatic carbocycles. The van der Waals surface area contributed by atoms with Crippen LogP contribution in [-0.4, -0.2) is 22.3 Å². The van der Waals surface area contributed by atoms with Gasteiger partial charge in [0.15, 0.2) is 0 Å². The van der Waals surface area contributed by atoms with Crippen molar-refractivity contribution in [2.45, 2.75) is 5.03 Å². The first kappa shape index (κ1) is 6.72. The van der Waals surface area contributed by atoms with Crippen molar-refractivity contribution in [2.24, 2.45) is 0 Å². The van der Waals surface area contributed by atoms with Crippen molar-refractivity contribution < 1.29 is 0 Å². The summed E-state index contributed by atoms with van der Waals surface area (Å²) in [6.45, 7) is 0.840. The van der Waals surface area contributed by atoms with Gasteiger partial charge < -0.3 is 10.3 Å². The zero-order valence-electron chi connectivity index (χ0n) is 5.76. The third kappa shape index (κ3) is 1.11. The van der Waals surface area contributed by atoms with Gasteiger partial charge in [-0.15, -0.1) is 11.8 Å². The Hall–Kier alpha value is -0.970. The second-order valence-corrected chi connectivity index (χ2v) is 3.27. The van der Waals surface area contributed by atoms with Crippen LogP contribution in [0.4, 0.5) is 5.69 Å². The number of aromatic amines is 1. The van der Waals surface area contributed by atoms with E-state index in [1.807, 2.05) is 0 Å². The summed E-state index contributed by atoms with van der Waals surface area (Å²) in [4.78, 5) is 17.6. The fraction of sp³-hybridized carbons (Fsp3) is 0.333. The molecule has 11 heavy (non-hydrogen) atoms. The van der Waals surface area contributed by atoms with E-state index in [1.54, 1.807) is 11.8 Å². The molecule has 0 saturated heterocycles. The second kappa shape index (κ2) is 2.58. The van der Waals surface area contributed by atoms with Crippen LogP contribution in [0.2, 0.25) is 0 Å². The molecule has 0 spiro atoms. The predicted molar refractivity (Wildman–Crippen MR) is 44.1 cm³/mol. The standard InChI is InChI=1S/C6H7N3OS/c10-5-4-6(9-3-8-5)11-2-1-7-4/h3,7H,1-2H2,(H,8,9,10). The van der Waals surface area contributed by atoms with Gasteiger partial charge in [0.1, 0.15) is 10.7 Å². The third-order valence-corrected chi connectivity index (χ3v) is 2.45. The Kier molecular flexibility index (Phi) is 1.58. The van der Waals surface area contributed by atoms with E-state index in [0.29, 0.717) is 5.69 Å². The Labute approximate surface area is 67.4 Å². The molecule has 1 aliphatic rings. The minimum atomic E-state index is -0.0813. The topological polar surface area (TPSA) is 57.8 Å². The number of aromatic nitrogens is 2. The Morgan fingerprint density at radius 2 is 2.55 bits per heavy atom. The first-order chi connectivity index (χ1) is 5.38. The maximum absolute atomic E-state index is 11.1. The molecule has 1 aromatic heterocycles. The molecule has 58 valence electrons. The number of H-pyrrole nitrogens is 1. The smallest absolute Gasteiger partial charge is 0.275 e. The molecule has 4 nitrogen and oxygen atoms in total. The lowest BCUT2D eigenvalue weighted by Crippen LogP contribution is -2.21. The Balaban J connectivity index is 2.58. The van der Waals surface area contributed by atoms with Crippen LogP contribution in [0, 0.1) is 0 Å². The zero-order valence-corrected chi connectivity index (χ0v) is 6.57. The SMILES string of the molecule is O=c1[nH]cnc2c1NCCS2. The van der Waals surface area contributed by atoms with E-state index in [9.17, 15) is 4.79 Å². The molecule has 0 amide bonds. The first-order valence-electron chi connectivity index (χ1n) is 3.32. The molecule has 1 aliphatic heterocycles. The van der Waals surface area contributed by atoms with Gasteiger partial charge in [-0.2, -0.15) is 0 Å². The molecule has 0 atom stereocenters. The number of rotatable bonds is 0. The number of anilines is 1. The van der Waals surface area contributed by atoms with E-state index in [-0.39, 0.29) is 5.56 Å². The normalized spacial score (nSPS) is 15.3. The number of thioether (sulfide) groups is 1. The summed E-state index contributed by atoms with van der Waals surface area (Å²) in [5.74, 6) is 0.976. The van der Waals surface area contributed by atoms with E-state index >= 15 is 0 Å². The monoisotopic (exact) mass is 169 g/mol. The van der Waals surface area contributed by atoms with Crippen LogP contribution in [0.15, 0.2) is 16.1 Å². The fourth-order valence-electron chi connectivity index (χ4n) is 0.972. The lowest BCUT2D eigenvalue weighted by molar-refractivity contribution is 0.983. The molecule has 0 radical (unpaired) electrons. The van der Waals surface area contributed by atoms with Gasteiger partial charge >= 0.3 is 0 Å². The van der Waals surface area contributed by atoms with Crippen molar-refractivity contribution in [3.63, 3.8) is 0 Å². The number of nitrogens with zero attached hydrogens (tertiary/aromatic N) is 1. The molecular weight excluding hydrogens is 162 g/mol. The maximum Gasteiger partial charge on any atom is 0.275 e. The van der Waals surface area contributed by atoms with Crippen molar-refractivity contribution in [3.8, 4) is 0 Å². The number of nitrogens with one attached hydrogen (secondary N) is 2. The van der Waals surface area contributed by atoms with Gasteiger partial charge in [-0.3, -0.25) is 4.79 Å². The van der Waals surface area contributed by atoms with Crippen LogP contribution in [-0.2, 0) is 0 Å². The molecule has 5 heteroatoms. The second-order valence-electron chi connectivity index (χ2n) is 2.19. The van der Waals surface area contributed by atoms with E-state index in [2.05, 4.69) is 15.3 Å². The Morgan fingerprint density at radius 3 is 3.36 bits per heavy atom. The molecular formula is C6H7N3OS. The van der Waals surface area contributed by atoms with E-state index in [4.69, 9.17) is 0 Å². The molecule has 0 bridgehead atoms. The molecule has 0 fully saturated rings. The molecule has 0 aromatic carbocycles. The lowest BCUT2D eigenvalue weighted by atomic mass is 10.5. The molecule has 0 unspecified atom stereocenters. The van der Waals surface area contributed by atoms with E-state index < -0.39 is 0 Å². The van der Waals surface area contributed by atoms with Crippen molar-refractivity contribution in [1.29, 1.82) is 0 Å². The summed E-state index contributed by atoms with van der Waals surface area (Å²) in [6, 6.07) is 0. The van der Waals surface area contributed by atoms with E-state index in [0.717, 1.165) is 17.3 Å². The van der Waals surface area contributed by atoms with Crippen LogP contribution >= 0.6 is 11.8 Å². The summed E-state index contributed by atoms with van der Waals surface area (Å²) >= 11 is 1.61. The van der Waals surface area contributed by atoms with Crippen LogP contribution in [0.1, 0.15) is 0 Å². The average Bonchev–Trinajstić information content (AvgIpc) is 2.06. The lowest BCUT2D eigenvalue weighted by Gasteiger charge is -2.13. The third-order valence-electron chi connectivity index (χ3n) is 1.46. The van der Waals surface area contributed by atoms with Crippen LogP contribution in [0.25, 0.3) is 0 Å². The van der Waals surface area contributed by atoms with Gasteiger partial charge in [0.05, 0.1) is 6.33 Å². The average molecular weight is 169 g/mol. The fourth-order valence-corrected chi connectivity index (χ4v) is 1.81. The first-order valence-corrected chi connectivity index (χ1v) is 4.31. The number of fused-ring (bicyclic) bond motifs is 1. The molecule has 1 aromatic rings. The van der Waals surface area contributed by atoms with Crippen LogP contribution in [0.5, 0.6) is 0 Å². The highest BCUT2D eigenvalue weighted by Gasteiger charge is 2.12. The molecule has 2 heterocycles. The van der Waals surface area contributed by atoms with Crippen molar-refractivity contribution in [2.75, 3.05) is 17.6 Å². The quantitative estimate of drug-likeness (QED) is 0.548. The molecule has 0 saturated carbocycles. The maximum atomic E-state index is 11.1. The highest BCUT2D eigenvalue weighted by molar-refractivity contribution is 7.99. The summed E-state index contributed by atoms with van der Waals surface area (Å²) in [7, 11) is 0. The molecule has 2 rings (SSSR count). The summed E-state index contributed by atoms with van der Waals surface area (Å²) < 4.78 is 0. The minimum Gasteiger partial charge on any atom is -0.378 e.